The lowest BCUT2D eigenvalue weighted by Gasteiger charge is -2.05. The fourth-order valence-electron chi connectivity index (χ4n) is 1.26. The molecule has 2 nitrogen and oxygen atoms in total. The maximum absolute atomic E-state index is 5.05. The third-order valence-corrected chi connectivity index (χ3v) is 2.26. The van der Waals surface area contributed by atoms with Gasteiger partial charge in [0.15, 0.2) is 0 Å². The molecule has 0 saturated heterocycles. The number of hydrogen-bond acceptors (Lipinski definition) is 2. The van der Waals surface area contributed by atoms with Crippen LogP contribution >= 0.6 is 15.9 Å². The van der Waals surface area contributed by atoms with Crippen molar-refractivity contribution in [1.29, 1.82) is 0 Å². The molecule has 0 spiro atoms. The third-order valence-electron chi connectivity index (χ3n) is 1.98. The van der Waals surface area contributed by atoms with Gasteiger partial charge in [0.1, 0.15) is 0 Å². The smallest absolute Gasteiger partial charge is 0.0713 e. The molecule has 15 heavy (non-hydrogen) atoms. The first-order chi connectivity index (χ1) is 7.22. The molecule has 0 fully saturated rings. The lowest BCUT2D eigenvalue weighted by molar-refractivity contribution is 0.185. The van der Waals surface area contributed by atoms with Gasteiger partial charge in [-0.05, 0) is 11.1 Å². The van der Waals surface area contributed by atoms with Crippen molar-refractivity contribution in [2.45, 2.75) is 13.2 Å². The average molecular weight is 270 g/mol. The minimum Gasteiger partial charge on any atom is -0.380 e. The quantitative estimate of drug-likeness (QED) is 0.858. The zero-order chi connectivity index (χ0) is 11.1. The second kappa shape index (κ2) is 6.77. The standard InChI is InChI=1S/C12H16BrNO/c1-10(13)7-14-8-11-3-5-12(6-4-11)9-15-2/h3-6,14H,1,7-9H2,2H3. The van der Waals surface area contributed by atoms with Gasteiger partial charge in [-0.2, -0.15) is 0 Å². The Balaban J connectivity index is 2.39. The van der Waals surface area contributed by atoms with Crippen LogP contribution in [0.1, 0.15) is 11.1 Å². The molecule has 3 heteroatoms. The van der Waals surface area contributed by atoms with E-state index in [0.29, 0.717) is 6.61 Å². The molecule has 0 heterocycles. The summed E-state index contributed by atoms with van der Waals surface area (Å²) in [5.74, 6) is 0. The van der Waals surface area contributed by atoms with Crippen LogP contribution in [0.2, 0.25) is 0 Å². The molecule has 82 valence electrons. The van der Waals surface area contributed by atoms with Gasteiger partial charge in [0.25, 0.3) is 0 Å². The van der Waals surface area contributed by atoms with Gasteiger partial charge in [0.05, 0.1) is 6.61 Å². The van der Waals surface area contributed by atoms with Gasteiger partial charge < -0.3 is 10.1 Å². The van der Waals surface area contributed by atoms with Crippen molar-refractivity contribution in [3.8, 4) is 0 Å². The molecular weight excluding hydrogens is 254 g/mol. The monoisotopic (exact) mass is 269 g/mol. The molecule has 0 aliphatic rings. The summed E-state index contributed by atoms with van der Waals surface area (Å²) in [4.78, 5) is 0. The summed E-state index contributed by atoms with van der Waals surface area (Å²) in [6.07, 6.45) is 0. The van der Waals surface area contributed by atoms with Crippen LogP contribution in [0.15, 0.2) is 35.3 Å². The van der Waals surface area contributed by atoms with E-state index >= 15 is 0 Å². The molecule has 1 N–H and O–H groups in total. The average Bonchev–Trinajstić information content (AvgIpc) is 2.20. The summed E-state index contributed by atoms with van der Waals surface area (Å²) in [6, 6.07) is 8.39. The van der Waals surface area contributed by atoms with Gasteiger partial charge in [-0.25, -0.2) is 0 Å². The molecule has 0 aliphatic heterocycles. The summed E-state index contributed by atoms with van der Waals surface area (Å²) in [5, 5.41) is 3.27. The molecule has 1 aromatic rings. The largest absolute Gasteiger partial charge is 0.380 e. The molecule has 0 radical (unpaired) electrons. The first-order valence-corrected chi connectivity index (χ1v) is 5.62. The van der Waals surface area contributed by atoms with Gasteiger partial charge in [0.2, 0.25) is 0 Å². The summed E-state index contributed by atoms with van der Waals surface area (Å²) >= 11 is 3.31. The van der Waals surface area contributed by atoms with E-state index in [0.717, 1.165) is 17.6 Å². The number of benzene rings is 1. The van der Waals surface area contributed by atoms with Crippen LogP contribution in [0.25, 0.3) is 0 Å². The van der Waals surface area contributed by atoms with Gasteiger partial charge in [-0.1, -0.05) is 46.8 Å². The summed E-state index contributed by atoms with van der Waals surface area (Å²) in [6.45, 7) is 6.09. The molecule has 0 saturated carbocycles. The lowest BCUT2D eigenvalue weighted by atomic mass is 10.1. The van der Waals surface area contributed by atoms with E-state index in [9.17, 15) is 0 Å². The van der Waals surface area contributed by atoms with E-state index in [4.69, 9.17) is 4.74 Å². The molecule has 0 unspecified atom stereocenters. The number of halogens is 1. The third kappa shape index (κ3) is 5.11. The van der Waals surface area contributed by atoms with Crippen molar-refractivity contribution in [3.63, 3.8) is 0 Å². The maximum Gasteiger partial charge on any atom is 0.0713 e. The Kier molecular flexibility index (Phi) is 5.61. The van der Waals surface area contributed by atoms with Crippen molar-refractivity contribution in [2.24, 2.45) is 0 Å². The minimum absolute atomic E-state index is 0.673. The maximum atomic E-state index is 5.05. The van der Waals surface area contributed by atoms with Crippen LogP contribution in [0.3, 0.4) is 0 Å². The Morgan fingerprint density at radius 3 is 2.47 bits per heavy atom. The topological polar surface area (TPSA) is 21.3 Å². The summed E-state index contributed by atoms with van der Waals surface area (Å²) in [5.41, 5.74) is 2.47. The highest BCUT2D eigenvalue weighted by Gasteiger charge is 1.94. The molecule has 0 atom stereocenters. The Bertz CT molecular complexity index is 308. The molecule has 0 aromatic heterocycles. The van der Waals surface area contributed by atoms with Gasteiger partial charge in [-0.15, -0.1) is 0 Å². The number of nitrogens with one attached hydrogen (secondary N) is 1. The van der Waals surface area contributed by atoms with Crippen LogP contribution in [0.5, 0.6) is 0 Å². The highest BCUT2D eigenvalue weighted by Crippen LogP contribution is 2.05. The Morgan fingerprint density at radius 2 is 1.93 bits per heavy atom. The SMILES string of the molecule is C=C(Br)CNCc1ccc(COC)cc1. The Hall–Kier alpha value is -0.640. The predicted molar refractivity (Wildman–Crippen MR) is 66.9 cm³/mol. The van der Waals surface area contributed by atoms with Crippen LogP contribution in [0, 0.1) is 0 Å². The molecule has 1 aromatic carbocycles. The van der Waals surface area contributed by atoms with E-state index in [1.54, 1.807) is 7.11 Å². The normalized spacial score (nSPS) is 10.3. The summed E-state index contributed by atoms with van der Waals surface area (Å²) in [7, 11) is 1.71. The molecule has 0 aliphatic carbocycles. The van der Waals surface area contributed by atoms with Crippen LogP contribution in [-0.2, 0) is 17.9 Å². The van der Waals surface area contributed by atoms with Gasteiger partial charge in [0, 0.05) is 24.7 Å². The van der Waals surface area contributed by atoms with Gasteiger partial charge in [-0.3, -0.25) is 0 Å². The number of methoxy groups -OCH3 is 1. The van der Waals surface area contributed by atoms with E-state index < -0.39 is 0 Å². The highest BCUT2D eigenvalue weighted by molar-refractivity contribution is 9.11. The molecule has 1 rings (SSSR count). The van der Waals surface area contributed by atoms with Crippen molar-refractivity contribution in [2.75, 3.05) is 13.7 Å². The Labute approximate surface area is 99.5 Å². The Morgan fingerprint density at radius 1 is 1.33 bits per heavy atom. The number of hydrogen-bond donors (Lipinski definition) is 1. The predicted octanol–water partition coefficient (Wildman–Crippen LogP) is 2.83. The molecule has 0 bridgehead atoms. The van der Waals surface area contributed by atoms with Crippen molar-refractivity contribution in [1.82, 2.24) is 5.32 Å². The number of ether oxygens (including phenoxy) is 1. The van der Waals surface area contributed by atoms with Crippen molar-refractivity contribution >= 4 is 15.9 Å². The van der Waals surface area contributed by atoms with Gasteiger partial charge >= 0.3 is 0 Å². The fraction of sp³-hybridized carbons (Fsp3) is 0.333. The summed E-state index contributed by atoms with van der Waals surface area (Å²) < 4.78 is 6.02. The van der Waals surface area contributed by atoms with Crippen molar-refractivity contribution < 1.29 is 4.74 Å². The van der Waals surface area contributed by atoms with Crippen LogP contribution in [-0.4, -0.2) is 13.7 Å². The first-order valence-electron chi connectivity index (χ1n) is 4.83. The minimum atomic E-state index is 0.673. The van der Waals surface area contributed by atoms with E-state index in [1.165, 1.54) is 11.1 Å². The van der Waals surface area contributed by atoms with Crippen LogP contribution in [0.4, 0.5) is 0 Å². The number of rotatable bonds is 6. The lowest BCUT2D eigenvalue weighted by Crippen LogP contribution is -2.14. The van der Waals surface area contributed by atoms with Crippen molar-refractivity contribution in [3.05, 3.63) is 46.5 Å². The zero-order valence-electron chi connectivity index (χ0n) is 8.92. The molecule has 0 amide bonds. The van der Waals surface area contributed by atoms with E-state index in [2.05, 4.69) is 52.1 Å². The highest BCUT2D eigenvalue weighted by atomic mass is 79.9. The molecular formula is C12H16BrNO. The van der Waals surface area contributed by atoms with E-state index in [-0.39, 0.29) is 0 Å². The fourth-order valence-corrected chi connectivity index (χ4v) is 1.46. The van der Waals surface area contributed by atoms with Crippen LogP contribution < -0.4 is 5.32 Å². The first kappa shape index (κ1) is 12.4. The van der Waals surface area contributed by atoms with E-state index in [1.807, 2.05) is 0 Å². The zero-order valence-corrected chi connectivity index (χ0v) is 10.5. The second-order valence-corrected chi connectivity index (χ2v) is 4.49. The second-order valence-electron chi connectivity index (χ2n) is 3.37.